The van der Waals surface area contributed by atoms with Gasteiger partial charge >= 0.3 is 0 Å². The molecular formula is C74H64N2O2. The molecule has 0 aromatic heterocycles. The maximum atomic E-state index is 5.97. The molecule has 0 radical (unpaired) electrons. The lowest BCUT2D eigenvalue weighted by Gasteiger charge is -2.27. The second kappa shape index (κ2) is 20.3. The second-order valence-electron chi connectivity index (χ2n) is 21.0. The SMILES string of the molecule is CCOc1ccc(N(c2ccc(C(C)CC)cc2)c2ccc3c4c(-c5ccccc5)c5c6cccc7c(N(c8ccc(OCC)cc8)c8ccc(C(C)CC)cc8)ccc(c5c(-c5ccccc5)c4c4cccc2c43)c76)cc1. The van der Waals surface area contributed by atoms with Gasteiger partial charge in [0.1, 0.15) is 11.5 Å². The molecule has 13 aromatic carbocycles. The van der Waals surface area contributed by atoms with E-state index in [-0.39, 0.29) is 0 Å². The highest BCUT2D eigenvalue weighted by molar-refractivity contribution is 6.47. The Labute approximate surface area is 458 Å². The third-order valence-corrected chi connectivity index (χ3v) is 16.7. The van der Waals surface area contributed by atoms with Crippen LogP contribution in [-0.4, -0.2) is 13.2 Å². The van der Waals surface area contributed by atoms with Crippen molar-refractivity contribution < 1.29 is 9.47 Å². The van der Waals surface area contributed by atoms with Crippen molar-refractivity contribution in [1.29, 1.82) is 0 Å². The van der Waals surface area contributed by atoms with Crippen molar-refractivity contribution in [2.45, 2.75) is 66.2 Å². The standard InChI is InChI=1S/C74H64N2O2/c1-7-47(5)49-27-31-53(32-28-49)75(55-35-39-57(40-36-55)77-9-3)65-45-43-63-69-59(65)23-17-25-61(69)71-67(51-19-13-11-14-20-51)74-64-44-46-66(60-24-18-26-62(70(60)64)72(74)68(73(63)71)52-21-15-12-16-22-52)76(56-37-41-58(42-38-56)78-10-4)54-33-29-50(30-34-54)48(6)8-2/h11-48H,7-10H2,1-6H3. The van der Waals surface area contributed by atoms with Gasteiger partial charge in [-0.05, 0) is 211 Å². The molecule has 13 rings (SSSR count). The fraction of sp³-hybridized carbons (Fsp3) is 0.162. The van der Waals surface area contributed by atoms with Crippen molar-refractivity contribution in [1.82, 2.24) is 0 Å². The Kier molecular flexibility index (Phi) is 12.7. The van der Waals surface area contributed by atoms with Crippen LogP contribution in [0.3, 0.4) is 0 Å². The molecule has 78 heavy (non-hydrogen) atoms. The van der Waals surface area contributed by atoms with Crippen LogP contribution in [0, 0.1) is 0 Å². The molecule has 4 nitrogen and oxygen atoms in total. The van der Waals surface area contributed by atoms with Gasteiger partial charge in [-0.25, -0.2) is 0 Å². The summed E-state index contributed by atoms with van der Waals surface area (Å²) in [4.78, 5) is 4.87. The van der Waals surface area contributed by atoms with Crippen LogP contribution in [0.1, 0.15) is 77.3 Å². The predicted molar refractivity (Wildman–Crippen MR) is 334 cm³/mol. The zero-order valence-corrected chi connectivity index (χ0v) is 45.5. The summed E-state index contributed by atoms with van der Waals surface area (Å²) in [6.45, 7) is 14.5. The maximum Gasteiger partial charge on any atom is 0.119 e. The molecule has 382 valence electrons. The van der Waals surface area contributed by atoms with Gasteiger partial charge in [-0.3, -0.25) is 0 Å². The first-order chi connectivity index (χ1) is 38.4. The van der Waals surface area contributed by atoms with Crippen LogP contribution in [0.5, 0.6) is 11.5 Å². The Balaban J connectivity index is 1.12. The van der Waals surface area contributed by atoms with Gasteiger partial charge in [-0.15, -0.1) is 0 Å². The van der Waals surface area contributed by atoms with Crippen LogP contribution in [0.4, 0.5) is 34.1 Å². The molecule has 0 bridgehead atoms. The Morgan fingerprint density at radius 2 is 0.628 bits per heavy atom. The van der Waals surface area contributed by atoms with Crippen LogP contribution >= 0.6 is 0 Å². The highest BCUT2D eigenvalue weighted by Crippen LogP contribution is 2.58. The summed E-state index contributed by atoms with van der Waals surface area (Å²) in [5, 5.41) is 15.1. The molecule has 2 unspecified atom stereocenters. The minimum Gasteiger partial charge on any atom is -0.494 e. The lowest BCUT2D eigenvalue weighted by atomic mass is 9.87. The molecule has 0 saturated heterocycles. The first-order valence-electron chi connectivity index (χ1n) is 28.1. The van der Waals surface area contributed by atoms with E-state index in [4.69, 9.17) is 9.47 Å². The van der Waals surface area contributed by atoms with E-state index in [0.29, 0.717) is 25.0 Å². The van der Waals surface area contributed by atoms with Crippen LogP contribution in [0.15, 0.2) is 218 Å². The van der Waals surface area contributed by atoms with E-state index in [9.17, 15) is 0 Å². The molecule has 13 aromatic rings. The van der Waals surface area contributed by atoms with E-state index >= 15 is 0 Å². The van der Waals surface area contributed by atoms with E-state index in [1.165, 1.54) is 98.0 Å². The number of rotatable bonds is 16. The lowest BCUT2D eigenvalue weighted by Crippen LogP contribution is -2.10. The largest absolute Gasteiger partial charge is 0.494 e. The van der Waals surface area contributed by atoms with Crippen molar-refractivity contribution in [2.75, 3.05) is 23.0 Å². The molecule has 0 amide bonds. The summed E-state index contributed by atoms with van der Waals surface area (Å²) in [7, 11) is 0. The molecule has 0 heterocycles. The van der Waals surface area contributed by atoms with E-state index in [1.807, 2.05) is 13.8 Å². The molecule has 4 heteroatoms. The van der Waals surface area contributed by atoms with Gasteiger partial charge in [0.05, 0.1) is 24.6 Å². The number of benzene rings is 11. The van der Waals surface area contributed by atoms with E-state index in [0.717, 1.165) is 58.5 Å². The minimum absolute atomic E-state index is 0.477. The summed E-state index contributed by atoms with van der Waals surface area (Å²) in [5.74, 6) is 2.68. The van der Waals surface area contributed by atoms with Gasteiger partial charge in [0.15, 0.2) is 0 Å². The first kappa shape index (κ1) is 48.8. The molecular weight excluding hydrogens is 949 g/mol. The van der Waals surface area contributed by atoms with Gasteiger partial charge in [-0.1, -0.05) is 161 Å². The summed E-state index contributed by atoms with van der Waals surface area (Å²) in [6.07, 6.45) is 2.19. The van der Waals surface area contributed by atoms with Gasteiger partial charge in [0.2, 0.25) is 0 Å². The number of fused-ring (bicyclic) bond motifs is 6. The Bertz CT molecular complexity index is 3910. The molecule has 0 aliphatic carbocycles. The molecule has 0 aliphatic heterocycles. The quantitative estimate of drug-likeness (QED) is 0.0963. The Hall–Kier alpha value is -8.86. The van der Waals surface area contributed by atoms with Gasteiger partial charge in [0, 0.05) is 33.5 Å². The molecule has 0 aliphatic rings. The molecule has 0 spiro atoms. The lowest BCUT2D eigenvalue weighted by molar-refractivity contribution is 0.340. The van der Waals surface area contributed by atoms with Crippen molar-refractivity contribution in [3.8, 4) is 33.8 Å². The van der Waals surface area contributed by atoms with Crippen molar-refractivity contribution in [2.24, 2.45) is 0 Å². The smallest absolute Gasteiger partial charge is 0.119 e. The van der Waals surface area contributed by atoms with Gasteiger partial charge < -0.3 is 19.3 Å². The molecule has 0 N–H and O–H groups in total. The summed E-state index contributed by atoms with van der Waals surface area (Å²) < 4.78 is 11.9. The molecule has 0 fully saturated rings. The highest BCUT2D eigenvalue weighted by Gasteiger charge is 2.30. The summed E-state index contributed by atoms with van der Waals surface area (Å²) >= 11 is 0. The van der Waals surface area contributed by atoms with Crippen LogP contribution in [0.2, 0.25) is 0 Å². The maximum absolute atomic E-state index is 5.97. The Morgan fingerprint density at radius 1 is 0.308 bits per heavy atom. The zero-order valence-electron chi connectivity index (χ0n) is 45.5. The van der Waals surface area contributed by atoms with E-state index in [2.05, 4.69) is 256 Å². The summed E-state index contributed by atoms with van der Waals surface area (Å²) in [6, 6.07) is 81.5. The molecule has 2 atom stereocenters. The van der Waals surface area contributed by atoms with Crippen LogP contribution in [-0.2, 0) is 0 Å². The fourth-order valence-electron chi connectivity index (χ4n) is 12.6. The number of ether oxygens (including phenoxy) is 2. The second-order valence-corrected chi connectivity index (χ2v) is 21.0. The average molecular weight is 1010 g/mol. The van der Waals surface area contributed by atoms with E-state index < -0.39 is 0 Å². The van der Waals surface area contributed by atoms with Gasteiger partial charge in [-0.2, -0.15) is 0 Å². The van der Waals surface area contributed by atoms with Crippen LogP contribution < -0.4 is 19.3 Å². The van der Waals surface area contributed by atoms with Crippen molar-refractivity contribution in [3.63, 3.8) is 0 Å². The predicted octanol–water partition coefficient (Wildman–Crippen LogP) is 21.6. The monoisotopic (exact) mass is 1010 g/mol. The normalized spacial score (nSPS) is 12.6. The van der Waals surface area contributed by atoms with Crippen molar-refractivity contribution >= 4 is 98.8 Å². The number of hydrogen-bond donors (Lipinski definition) is 0. The van der Waals surface area contributed by atoms with Crippen LogP contribution in [0.25, 0.3) is 86.9 Å². The third-order valence-electron chi connectivity index (χ3n) is 16.7. The number of hydrogen-bond acceptors (Lipinski definition) is 4. The van der Waals surface area contributed by atoms with E-state index in [1.54, 1.807) is 0 Å². The first-order valence-corrected chi connectivity index (χ1v) is 28.1. The summed E-state index contributed by atoms with van der Waals surface area (Å²) in [5.41, 5.74) is 14.3. The number of nitrogens with zero attached hydrogens (tertiary/aromatic N) is 2. The Morgan fingerprint density at radius 3 is 0.962 bits per heavy atom. The topological polar surface area (TPSA) is 24.9 Å². The fourth-order valence-corrected chi connectivity index (χ4v) is 12.6. The number of anilines is 6. The minimum atomic E-state index is 0.477. The van der Waals surface area contributed by atoms with Gasteiger partial charge in [0.25, 0.3) is 0 Å². The molecule has 0 saturated carbocycles. The third kappa shape index (κ3) is 8.04. The zero-order chi connectivity index (χ0) is 53.0. The van der Waals surface area contributed by atoms with Crippen molar-refractivity contribution in [3.05, 3.63) is 230 Å². The highest BCUT2D eigenvalue weighted by atomic mass is 16.5. The average Bonchev–Trinajstić information content (AvgIpc) is 3.77.